The highest BCUT2D eigenvalue weighted by Gasteiger charge is 2.17. The quantitative estimate of drug-likeness (QED) is 0.759. The van der Waals surface area contributed by atoms with Gasteiger partial charge in [-0.25, -0.2) is 8.42 Å². The van der Waals surface area contributed by atoms with Crippen LogP contribution < -0.4 is 9.46 Å². The topological polar surface area (TPSA) is 72.5 Å². The normalized spacial score (nSPS) is 12.5. The number of carbonyl (C=O) groups is 1. The average Bonchev–Trinajstić information content (AvgIpc) is 2.49. The number of benzene rings is 2. The third-order valence-corrected chi connectivity index (χ3v) is 4.39. The first-order chi connectivity index (χ1) is 11.2. The second-order valence-electron chi connectivity index (χ2n) is 5.15. The summed E-state index contributed by atoms with van der Waals surface area (Å²) in [4.78, 5) is 12.4. The number of rotatable bonds is 6. The van der Waals surface area contributed by atoms with Gasteiger partial charge in [0.15, 0.2) is 6.10 Å². The molecule has 0 amide bonds. The zero-order valence-corrected chi connectivity index (χ0v) is 15.2. The maximum Gasteiger partial charge on any atom is 0.229 e. The molecule has 0 unspecified atom stereocenters. The molecular formula is C16H15Cl2NO4S. The van der Waals surface area contributed by atoms with E-state index in [1.54, 1.807) is 19.1 Å². The summed E-state index contributed by atoms with van der Waals surface area (Å²) < 4.78 is 30.2. The van der Waals surface area contributed by atoms with Gasteiger partial charge in [0, 0.05) is 17.3 Å². The van der Waals surface area contributed by atoms with Crippen LogP contribution in [0.2, 0.25) is 10.0 Å². The third-order valence-electron chi connectivity index (χ3n) is 3.05. The van der Waals surface area contributed by atoms with Crippen molar-refractivity contribution in [2.45, 2.75) is 13.0 Å². The minimum absolute atomic E-state index is 0.244. The number of hydrogen-bond donors (Lipinski definition) is 1. The van der Waals surface area contributed by atoms with Crippen molar-refractivity contribution in [3.63, 3.8) is 0 Å². The summed E-state index contributed by atoms with van der Waals surface area (Å²) in [6.07, 6.45) is 0.315. The van der Waals surface area contributed by atoms with E-state index in [2.05, 4.69) is 4.72 Å². The molecule has 1 N–H and O–H groups in total. The second-order valence-corrected chi connectivity index (χ2v) is 7.71. The van der Waals surface area contributed by atoms with Crippen LogP contribution in [0.4, 0.5) is 5.69 Å². The fourth-order valence-electron chi connectivity index (χ4n) is 1.96. The Morgan fingerprint density at radius 1 is 1.08 bits per heavy atom. The first-order valence-electron chi connectivity index (χ1n) is 6.89. The van der Waals surface area contributed by atoms with Crippen LogP contribution in [0, 0.1) is 0 Å². The fraction of sp³-hybridized carbons (Fsp3) is 0.188. The lowest BCUT2D eigenvalue weighted by molar-refractivity contribution is 0.0818. The number of Topliss-reactive ketones (excluding diaryl/α,β-unsaturated/α-hetero) is 1. The van der Waals surface area contributed by atoms with E-state index in [0.717, 1.165) is 6.26 Å². The number of anilines is 1. The number of sulfonamides is 1. The standard InChI is InChI=1S/C16H15Cl2NO4S/c1-10(23-13-7-8-14(17)15(18)9-13)16(20)11-3-5-12(6-4-11)19-24(2,21)22/h3-10,19H,1-2H3/t10-/m0/s1. The van der Waals surface area contributed by atoms with Gasteiger partial charge in [0.25, 0.3) is 0 Å². The van der Waals surface area contributed by atoms with E-state index in [4.69, 9.17) is 27.9 Å². The number of carbonyl (C=O) groups excluding carboxylic acids is 1. The van der Waals surface area contributed by atoms with Gasteiger partial charge < -0.3 is 4.74 Å². The Kier molecular flexibility index (Phi) is 5.74. The minimum Gasteiger partial charge on any atom is -0.483 e. The maximum absolute atomic E-state index is 12.4. The van der Waals surface area contributed by atoms with E-state index in [9.17, 15) is 13.2 Å². The molecule has 0 saturated heterocycles. The van der Waals surface area contributed by atoms with Crippen LogP contribution in [-0.4, -0.2) is 26.6 Å². The van der Waals surface area contributed by atoms with Crippen molar-refractivity contribution in [2.24, 2.45) is 0 Å². The second kappa shape index (κ2) is 7.42. The van der Waals surface area contributed by atoms with Crippen molar-refractivity contribution in [3.8, 4) is 5.75 Å². The Hall–Kier alpha value is -1.76. The van der Waals surface area contributed by atoms with Crippen molar-refractivity contribution in [1.29, 1.82) is 0 Å². The summed E-state index contributed by atoms with van der Waals surface area (Å²) in [5.41, 5.74) is 0.786. The smallest absolute Gasteiger partial charge is 0.229 e. The molecule has 0 bridgehead atoms. The van der Waals surface area contributed by atoms with Gasteiger partial charge in [-0.3, -0.25) is 9.52 Å². The molecule has 0 saturated carbocycles. The Labute approximate surface area is 150 Å². The first-order valence-corrected chi connectivity index (χ1v) is 9.54. The van der Waals surface area contributed by atoms with Gasteiger partial charge in [0.2, 0.25) is 15.8 Å². The van der Waals surface area contributed by atoms with E-state index >= 15 is 0 Å². The van der Waals surface area contributed by atoms with Crippen molar-refractivity contribution in [3.05, 3.63) is 58.1 Å². The highest BCUT2D eigenvalue weighted by atomic mass is 35.5. The van der Waals surface area contributed by atoms with Crippen molar-refractivity contribution >= 4 is 44.7 Å². The molecule has 0 aliphatic carbocycles. The van der Waals surface area contributed by atoms with Crippen molar-refractivity contribution < 1.29 is 17.9 Å². The van der Waals surface area contributed by atoms with Crippen LogP contribution in [0.5, 0.6) is 5.75 Å². The molecule has 5 nitrogen and oxygen atoms in total. The van der Waals surface area contributed by atoms with Gasteiger partial charge in [-0.15, -0.1) is 0 Å². The van der Waals surface area contributed by atoms with E-state index in [1.165, 1.54) is 30.3 Å². The molecule has 0 radical (unpaired) electrons. The molecule has 1 atom stereocenters. The van der Waals surface area contributed by atoms with Crippen LogP contribution in [0.3, 0.4) is 0 Å². The zero-order chi connectivity index (χ0) is 17.9. The van der Waals surface area contributed by atoms with Crippen molar-refractivity contribution in [2.75, 3.05) is 11.0 Å². The van der Waals surface area contributed by atoms with Gasteiger partial charge in [-0.2, -0.15) is 0 Å². The predicted molar refractivity (Wildman–Crippen MR) is 95.8 cm³/mol. The lowest BCUT2D eigenvalue weighted by Gasteiger charge is -2.14. The molecular weight excluding hydrogens is 373 g/mol. The third kappa shape index (κ3) is 5.12. The molecule has 0 aromatic heterocycles. The number of ether oxygens (including phenoxy) is 1. The van der Waals surface area contributed by atoms with Gasteiger partial charge >= 0.3 is 0 Å². The number of halogens is 2. The molecule has 2 aromatic carbocycles. The highest BCUT2D eigenvalue weighted by Crippen LogP contribution is 2.27. The summed E-state index contributed by atoms with van der Waals surface area (Å²) in [6.45, 7) is 1.62. The summed E-state index contributed by atoms with van der Waals surface area (Å²) in [6, 6.07) is 10.8. The highest BCUT2D eigenvalue weighted by molar-refractivity contribution is 7.92. The van der Waals surface area contributed by atoms with Gasteiger partial charge in [0.1, 0.15) is 5.75 Å². The lowest BCUT2D eigenvalue weighted by atomic mass is 10.1. The van der Waals surface area contributed by atoms with Gasteiger partial charge in [0.05, 0.1) is 16.3 Å². The van der Waals surface area contributed by atoms with Gasteiger partial charge in [-0.1, -0.05) is 23.2 Å². The van der Waals surface area contributed by atoms with Gasteiger partial charge in [-0.05, 0) is 43.3 Å². The monoisotopic (exact) mass is 387 g/mol. The van der Waals surface area contributed by atoms with Crippen LogP contribution in [0.25, 0.3) is 0 Å². The van der Waals surface area contributed by atoms with Crippen LogP contribution >= 0.6 is 23.2 Å². The molecule has 2 rings (SSSR count). The Bertz CT molecular complexity index is 851. The molecule has 2 aromatic rings. The Morgan fingerprint density at radius 2 is 1.71 bits per heavy atom. The SMILES string of the molecule is C[C@H](Oc1ccc(Cl)c(Cl)c1)C(=O)c1ccc(NS(C)(=O)=O)cc1. The van der Waals surface area contributed by atoms with E-state index in [-0.39, 0.29) is 5.78 Å². The summed E-state index contributed by atoms with van der Waals surface area (Å²) in [5.74, 6) is 0.188. The van der Waals surface area contributed by atoms with E-state index < -0.39 is 16.1 Å². The largest absolute Gasteiger partial charge is 0.483 e. The molecule has 0 fully saturated rings. The number of ketones is 1. The summed E-state index contributed by atoms with van der Waals surface area (Å²) >= 11 is 11.7. The van der Waals surface area contributed by atoms with Crippen molar-refractivity contribution in [1.82, 2.24) is 0 Å². The molecule has 0 aliphatic rings. The van der Waals surface area contributed by atoms with Crippen LogP contribution in [0.1, 0.15) is 17.3 Å². The molecule has 24 heavy (non-hydrogen) atoms. The fourth-order valence-corrected chi connectivity index (χ4v) is 2.81. The average molecular weight is 388 g/mol. The minimum atomic E-state index is -3.36. The maximum atomic E-state index is 12.4. The molecule has 0 aliphatic heterocycles. The predicted octanol–water partition coefficient (Wildman–Crippen LogP) is 4.02. The van der Waals surface area contributed by atoms with E-state index in [0.29, 0.717) is 27.0 Å². The first kappa shape index (κ1) is 18.6. The molecule has 8 heteroatoms. The number of hydrogen-bond acceptors (Lipinski definition) is 4. The molecule has 0 heterocycles. The molecule has 128 valence electrons. The molecule has 0 spiro atoms. The van der Waals surface area contributed by atoms with E-state index in [1.807, 2.05) is 0 Å². The Morgan fingerprint density at radius 3 is 2.25 bits per heavy atom. The van der Waals surface area contributed by atoms with Crippen LogP contribution in [-0.2, 0) is 10.0 Å². The Balaban J connectivity index is 2.08. The zero-order valence-electron chi connectivity index (χ0n) is 12.9. The number of nitrogens with one attached hydrogen (secondary N) is 1. The van der Waals surface area contributed by atoms with Crippen LogP contribution in [0.15, 0.2) is 42.5 Å². The summed E-state index contributed by atoms with van der Waals surface area (Å²) in [5, 5.41) is 0.738. The summed E-state index contributed by atoms with van der Waals surface area (Å²) in [7, 11) is -3.36. The lowest BCUT2D eigenvalue weighted by Crippen LogP contribution is -2.24.